The third-order valence-corrected chi connectivity index (χ3v) is 3.29. The van der Waals surface area contributed by atoms with Crippen LogP contribution in [-0.4, -0.2) is 21.2 Å². The fourth-order valence-electron chi connectivity index (χ4n) is 2.32. The molecule has 0 aliphatic heterocycles. The average Bonchev–Trinajstić information content (AvgIpc) is 2.97. The molecular formula is C14H22N4. The van der Waals surface area contributed by atoms with Gasteiger partial charge in [-0.2, -0.15) is 0 Å². The van der Waals surface area contributed by atoms with Gasteiger partial charge in [-0.3, -0.25) is 0 Å². The molecular weight excluding hydrogens is 224 g/mol. The molecule has 18 heavy (non-hydrogen) atoms. The summed E-state index contributed by atoms with van der Waals surface area (Å²) in [7, 11) is 2.02. The van der Waals surface area contributed by atoms with Crippen molar-refractivity contribution in [2.24, 2.45) is 5.92 Å². The highest BCUT2D eigenvalue weighted by molar-refractivity contribution is 5.16. The summed E-state index contributed by atoms with van der Waals surface area (Å²) in [4.78, 5) is 4.05. The summed E-state index contributed by atoms with van der Waals surface area (Å²) in [6.45, 7) is 6.42. The zero-order valence-corrected chi connectivity index (χ0v) is 11.4. The van der Waals surface area contributed by atoms with E-state index in [-0.39, 0.29) is 0 Å². The molecule has 1 unspecified atom stereocenters. The number of aromatic nitrogens is 3. The molecule has 0 bridgehead atoms. The summed E-state index contributed by atoms with van der Waals surface area (Å²) in [6, 6.07) is 2.63. The van der Waals surface area contributed by atoms with Crippen molar-refractivity contribution in [2.45, 2.75) is 33.0 Å². The number of aryl methyl sites for hydroxylation is 2. The number of hydrogen-bond donors (Lipinski definition) is 1. The van der Waals surface area contributed by atoms with Gasteiger partial charge in [-0.1, -0.05) is 13.8 Å². The molecule has 0 aromatic carbocycles. The van der Waals surface area contributed by atoms with Gasteiger partial charge in [-0.25, -0.2) is 4.98 Å². The monoisotopic (exact) mass is 246 g/mol. The van der Waals surface area contributed by atoms with Gasteiger partial charge >= 0.3 is 0 Å². The van der Waals surface area contributed by atoms with Crippen LogP contribution in [0.25, 0.3) is 0 Å². The second-order valence-electron chi connectivity index (χ2n) is 4.99. The maximum atomic E-state index is 4.05. The predicted molar refractivity (Wildman–Crippen MR) is 73.3 cm³/mol. The molecule has 2 aromatic heterocycles. The molecule has 2 heterocycles. The Bertz CT molecular complexity index is 456. The molecule has 0 saturated carbocycles. The van der Waals surface area contributed by atoms with Crippen LogP contribution in [-0.2, 0) is 13.1 Å². The van der Waals surface area contributed by atoms with Crippen molar-refractivity contribution in [1.29, 1.82) is 0 Å². The first-order valence-corrected chi connectivity index (χ1v) is 6.49. The van der Waals surface area contributed by atoms with Gasteiger partial charge in [0.25, 0.3) is 0 Å². The maximum Gasteiger partial charge on any atom is 0.0946 e. The summed E-state index contributed by atoms with van der Waals surface area (Å²) in [5.41, 5.74) is 1.36. The summed E-state index contributed by atoms with van der Waals surface area (Å²) in [5, 5.41) is 3.37. The van der Waals surface area contributed by atoms with Crippen LogP contribution in [0.15, 0.2) is 37.2 Å². The predicted octanol–water partition coefficient (Wildman–Crippen LogP) is 2.30. The summed E-state index contributed by atoms with van der Waals surface area (Å²) < 4.78 is 4.33. The van der Waals surface area contributed by atoms with Crippen molar-refractivity contribution < 1.29 is 0 Å². The van der Waals surface area contributed by atoms with Crippen LogP contribution in [0.5, 0.6) is 0 Å². The minimum absolute atomic E-state index is 0.430. The highest BCUT2D eigenvalue weighted by Crippen LogP contribution is 2.21. The highest BCUT2D eigenvalue weighted by Gasteiger charge is 2.14. The Kier molecular flexibility index (Phi) is 4.20. The number of nitrogens with one attached hydrogen (secondary N) is 1. The van der Waals surface area contributed by atoms with Crippen LogP contribution in [0.3, 0.4) is 0 Å². The van der Waals surface area contributed by atoms with E-state index in [4.69, 9.17) is 0 Å². The first-order valence-electron chi connectivity index (χ1n) is 6.49. The molecule has 2 rings (SSSR count). The normalized spacial score (nSPS) is 13.1. The fourth-order valence-corrected chi connectivity index (χ4v) is 2.32. The Morgan fingerprint density at radius 3 is 2.61 bits per heavy atom. The van der Waals surface area contributed by atoms with E-state index in [0.717, 1.165) is 13.1 Å². The van der Waals surface area contributed by atoms with Crippen molar-refractivity contribution in [3.05, 3.63) is 42.7 Å². The van der Waals surface area contributed by atoms with Crippen LogP contribution in [0, 0.1) is 5.92 Å². The molecule has 2 aromatic rings. The Balaban J connectivity index is 1.97. The van der Waals surface area contributed by atoms with Crippen molar-refractivity contribution in [1.82, 2.24) is 19.4 Å². The molecule has 98 valence electrons. The lowest BCUT2D eigenvalue weighted by molar-refractivity contribution is 0.442. The summed E-state index contributed by atoms with van der Waals surface area (Å²) in [6.07, 6.45) is 10.1. The van der Waals surface area contributed by atoms with Crippen LogP contribution < -0.4 is 5.32 Å². The second-order valence-corrected chi connectivity index (χ2v) is 4.99. The molecule has 0 aliphatic carbocycles. The van der Waals surface area contributed by atoms with E-state index in [9.17, 15) is 0 Å². The van der Waals surface area contributed by atoms with Gasteiger partial charge in [0, 0.05) is 43.9 Å². The molecule has 0 spiro atoms. The van der Waals surface area contributed by atoms with E-state index in [1.807, 2.05) is 25.8 Å². The van der Waals surface area contributed by atoms with Gasteiger partial charge < -0.3 is 14.5 Å². The largest absolute Gasteiger partial charge is 0.352 e. The van der Waals surface area contributed by atoms with Crippen LogP contribution in [0.4, 0.5) is 0 Å². The lowest BCUT2D eigenvalue weighted by atomic mass is 9.99. The van der Waals surface area contributed by atoms with E-state index in [0.29, 0.717) is 12.0 Å². The average molecular weight is 246 g/mol. The van der Waals surface area contributed by atoms with E-state index < -0.39 is 0 Å². The third kappa shape index (κ3) is 3.01. The summed E-state index contributed by atoms with van der Waals surface area (Å²) >= 11 is 0. The van der Waals surface area contributed by atoms with Gasteiger partial charge in [-0.05, 0) is 24.6 Å². The van der Waals surface area contributed by atoms with Gasteiger partial charge in [0.2, 0.25) is 0 Å². The smallest absolute Gasteiger partial charge is 0.0946 e. The standard InChI is InChI=1S/C14H22N4/c1-12(2)14(15-3)13-4-6-17(10-13)8-9-18-7-5-16-11-18/h4-7,10-12,14-15H,8-9H2,1-3H3. The van der Waals surface area contributed by atoms with Crippen molar-refractivity contribution >= 4 is 0 Å². The maximum absolute atomic E-state index is 4.05. The molecule has 1 N–H and O–H groups in total. The zero-order chi connectivity index (χ0) is 13.0. The molecule has 0 fully saturated rings. The second kappa shape index (κ2) is 5.87. The van der Waals surface area contributed by atoms with Gasteiger partial charge in [0.05, 0.1) is 6.33 Å². The molecule has 0 radical (unpaired) electrons. The Morgan fingerprint density at radius 2 is 2.00 bits per heavy atom. The topological polar surface area (TPSA) is 34.8 Å². The van der Waals surface area contributed by atoms with Crippen molar-refractivity contribution in [2.75, 3.05) is 7.05 Å². The lowest BCUT2D eigenvalue weighted by Crippen LogP contribution is -2.21. The Morgan fingerprint density at radius 1 is 1.22 bits per heavy atom. The molecule has 0 amide bonds. The molecule has 1 atom stereocenters. The SMILES string of the molecule is CNC(c1ccn(CCn2ccnc2)c1)C(C)C. The van der Waals surface area contributed by atoms with E-state index >= 15 is 0 Å². The van der Waals surface area contributed by atoms with Gasteiger partial charge in [0.1, 0.15) is 0 Å². The molecule has 0 saturated heterocycles. The number of imidazole rings is 1. The van der Waals surface area contributed by atoms with Crippen LogP contribution in [0.2, 0.25) is 0 Å². The van der Waals surface area contributed by atoms with E-state index in [2.05, 4.69) is 51.7 Å². The van der Waals surface area contributed by atoms with Gasteiger partial charge in [0.15, 0.2) is 0 Å². The first-order chi connectivity index (χ1) is 8.70. The fraction of sp³-hybridized carbons (Fsp3) is 0.500. The van der Waals surface area contributed by atoms with Crippen molar-refractivity contribution in [3.8, 4) is 0 Å². The Hall–Kier alpha value is -1.55. The molecule has 4 heteroatoms. The summed E-state index contributed by atoms with van der Waals surface area (Å²) in [5.74, 6) is 0.597. The third-order valence-electron chi connectivity index (χ3n) is 3.29. The minimum atomic E-state index is 0.430. The zero-order valence-electron chi connectivity index (χ0n) is 11.4. The van der Waals surface area contributed by atoms with Crippen LogP contribution >= 0.6 is 0 Å². The number of hydrogen-bond acceptors (Lipinski definition) is 2. The molecule has 0 aliphatic rings. The Labute approximate surface area is 109 Å². The first kappa shape index (κ1) is 12.9. The van der Waals surface area contributed by atoms with E-state index in [1.54, 1.807) is 0 Å². The van der Waals surface area contributed by atoms with Crippen molar-refractivity contribution in [3.63, 3.8) is 0 Å². The van der Waals surface area contributed by atoms with Crippen LogP contribution in [0.1, 0.15) is 25.5 Å². The van der Waals surface area contributed by atoms with E-state index in [1.165, 1.54) is 5.56 Å². The van der Waals surface area contributed by atoms with Gasteiger partial charge in [-0.15, -0.1) is 0 Å². The highest BCUT2D eigenvalue weighted by atomic mass is 15.1. The lowest BCUT2D eigenvalue weighted by Gasteiger charge is -2.18. The number of nitrogens with zero attached hydrogens (tertiary/aromatic N) is 3. The minimum Gasteiger partial charge on any atom is -0.352 e. The number of rotatable bonds is 6. The molecule has 4 nitrogen and oxygen atoms in total. The quantitative estimate of drug-likeness (QED) is 0.848.